The highest BCUT2D eigenvalue weighted by atomic mass is 16.5. The van der Waals surface area contributed by atoms with Crippen LogP contribution in [-0.4, -0.2) is 60.4 Å². The van der Waals surface area contributed by atoms with Crippen molar-refractivity contribution in [1.82, 2.24) is 9.80 Å². The second-order valence-electron chi connectivity index (χ2n) is 11.3. The number of carbonyl (C=O) groups is 3. The van der Waals surface area contributed by atoms with Crippen LogP contribution in [0.25, 0.3) is 0 Å². The maximum atomic E-state index is 13.5. The Kier molecular flexibility index (Phi) is 8.29. The standard InChI is InChI=1S/C30H40N4O4/c1-20-8-6-9-24(30(2,3)4)26(20)32-29(37)34-17-7-10-25(34)28(36)33-18-15-21(16-19-33)27(35)31-22-11-13-23(38-5)14-12-22/h6,8-9,11-14,21,25H,7,10,15-19H2,1-5H3,(H,31,35)(H,32,37)/t25-/m0/s1. The molecule has 1 atom stereocenters. The van der Waals surface area contributed by atoms with Crippen molar-refractivity contribution in [1.29, 1.82) is 0 Å². The third-order valence-electron chi connectivity index (χ3n) is 7.65. The van der Waals surface area contributed by atoms with E-state index in [1.807, 2.05) is 54.3 Å². The first-order chi connectivity index (χ1) is 18.1. The highest BCUT2D eigenvalue weighted by molar-refractivity contribution is 5.96. The lowest BCUT2D eigenvalue weighted by molar-refractivity contribution is -0.138. The Labute approximate surface area is 225 Å². The van der Waals surface area contributed by atoms with Gasteiger partial charge in [0.2, 0.25) is 11.8 Å². The number of piperidine rings is 1. The number of benzene rings is 2. The number of nitrogens with zero attached hydrogens (tertiary/aromatic N) is 2. The Morgan fingerprint density at radius 1 is 0.921 bits per heavy atom. The summed E-state index contributed by atoms with van der Waals surface area (Å²) < 4.78 is 5.16. The largest absolute Gasteiger partial charge is 0.497 e. The number of likely N-dealkylation sites (tertiary alicyclic amines) is 2. The molecule has 0 unspecified atom stereocenters. The summed E-state index contributed by atoms with van der Waals surface area (Å²) in [6.07, 6.45) is 2.66. The minimum absolute atomic E-state index is 0.0208. The van der Waals surface area contributed by atoms with Crippen molar-refractivity contribution in [2.45, 2.75) is 64.8 Å². The number of rotatable bonds is 5. The van der Waals surface area contributed by atoms with Crippen LogP contribution in [-0.2, 0) is 15.0 Å². The van der Waals surface area contributed by atoms with Crippen LogP contribution < -0.4 is 15.4 Å². The normalized spacial score (nSPS) is 18.3. The second-order valence-corrected chi connectivity index (χ2v) is 11.3. The fourth-order valence-electron chi connectivity index (χ4n) is 5.40. The number of carbonyl (C=O) groups excluding carboxylic acids is 3. The first-order valence-electron chi connectivity index (χ1n) is 13.5. The first kappa shape index (κ1) is 27.5. The van der Waals surface area contributed by atoms with Crippen molar-refractivity contribution in [2.24, 2.45) is 5.92 Å². The third kappa shape index (κ3) is 6.11. The number of ether oxygens (including phenoxy) is 1. The minimum Gasteiger partial charge on any atom is -0.497 e. The van der Waals surface area contributed by atoms with Crippen LogP contribution in [0.2, 0.25) is 0 Å². The fraction of sp³-hybridized carbons (Fsp3) is 0.500. The number of para-hydroxylation sites is 1. The van der Waals surface area contributed by atoms with Crippen LogP contribution in [0.5, 0.6) is 5.75 Å². The summed E-state index contributed by atoms with van der Waals surface area (Å²) >= 11 is 0. The average molecular weight is 521 g/mol. The quantitative estimate of drug-likeness (QED) is 0.569. The van der Waals surface area contributed by atoms with Crippen molar-refractivity contribution in [2.75, 3.05) is 37.4 Å². The number of urea groups is 1. The molecule has 204 valence electrons. The predicted molar refractivity (Wildman–Crippen MR) is 150 cm³/mol. The Morgan fingerprint density at radius 3 is 2.24 bits per heavy atom. The topological polar surface area (TPSA) is 91.0 Å². The van der Waals surface area contributed by atoms with Crippen LogP contribution in [0.15, 0.2) is 42.5 Å². The van der Waals surface area contributed by atoms with E-state index >= 15 is 0 Å². The number of aryl methyl sites for hydroxylation is 1. The van der Waals surface area contributed by atoms with Crippen LogP contribution in [0, 0.1) is 12.8 Å². The molecule has 0 saturated carbocycles. The molecule has 8 heteroatoms. The van der Waals surface area contributed by atoms with Gasteiger partial charge in [0, 0.05) is 36.9 Å². The Hall–Kier alpha value is -3.55. The zero-order chi connectivity index (χ0) is 27.4. The SMILES string of the molecule is COc1ccc(NC(=O)C2CCN(C(=O)[C@@H]3CCCN3C(=O)Nc3c(C)cccc3C(C)(C)C)CC2)cc1. The van der Waals surface area contributed by atoms with Gasteiger partial charge in [-0.15, -0.1) is 0 Å². The minimum atomic E-state index is -0.471. The molecule has 2 aromatic carbocycles. The molecule has 2 heterocycles. The lowest BCUT2D eigenvalue weighted by atomic mass is 9.84. The molecule has 38 heavy (non-hydrogen) atoms. The Morgan fingerprint density at radius 2 is 1.61 bits per heavy atom. The second kappa shape index (κ2) is 11.5. The molecule has 2 N–H and O–H groups in total. The molecule has 2 aromatic rings. The average Bonchev–Trinajstić information content (AvgIpc) is 3.39. The van der Waals surface area contributed by atoms with E-state index in [4.69, 9.17) is 4.74 Å². The lowest BCUT2D eigenvalue weighted by Crippen LogP contribution is -2.51. The molecular weight excluding hydrogens is 480 g/mol. The smallest absolute Gasteiger partial charge is 0.322 e. The first-order valence-corrected chi connectivity index (χ1v) is 13.5. The van der Waals surface area contributed by atoms with E-state index < -0.39 is 6.04 Å². The van der Waals surface area contributed by atoms with E-state index in [9.17, 15) is 14.4 Å². The summed E-state index contributed by atoms with van der Waals surface area (Å²) in [6.45, 7) is 9.95. The van der Waals surface area contributed by atoms with Gasteiger partial charge in [-0.25, -0.2) is 4.79 Å². The number of methoxy groups -OCH3 is 1. The van der Waals surface area contributed by atoms with E-state index in [2.05, 4.69) is 31.4 Å². The summed E-state index contributed by atoms with van der Waals surface area (Å²) in [5.41, 5.74) is 3.50. The molecule has 4 amide bonds. The summed E-state index contributed by atoms with van der Waals surface area (Å²) in [7, 11) is 1.60. The molecule has 2 fully saturated rings. The summed E-state index contributed by atoms with van der Waals surface area (Å²) in [5.74, 6) is 0.531. The number of hydrogen-bond donors (Lipinski definition) is 2. The van der Waals surface area contributed by atoms with E-state index in [0.29, 0.717) is 38.9 Å². The van der Waals surface area contributed by atoms with Gasteiger partial charge in [0.05, 0.1) is 7.11 Å². The molecular formula is C30H40N4O4. The van der Waals surface area contributed by atoms with Gasteiger partial charge in [0.1, 0.15) is 11.8 Å². The van der Waals surface area contributed by atoms with E-state index in [1.165, 1.54) is 0 Å². The van der Waals surface area contributed by atoms with Crippen molar-refractivity contribution in [3.05, 3.63) is 53.6 Å². The molecule has 4 rings (SSSR count). The molecule has 0 spiro atoms. The lowest BCUT2D eigenvalue weighted by Gasteiger charge is -2.35. The number of hydrogen-bond acceptors (Lipinski definition) is 4. The zero-order valence-electron chi connectivity index (χ0n) is 23.2. The number of amides is 4. The molecule has 2 aliphatic rings. The van der Waals surface area contributed by atoms with E-state index in [0.717, 1.165) is 34.7 Å². The molecule has 2 saturated heterocycles. The van der Waals surface area contributed by atoms with Crippen LogP contribution in [0.3, 0.4) is 0 Å². The van der Waals surface area contributed by atoms with Gasteiger partial charge in [-0.1, -0.05) is 39.0 Å². The maximum absolute atomic E-state index is 13.5. The Balaban J connectivity index is 1.35. The van der Waals surface area contributed by atoms with Crippen molar-refractivity contribution in [3.63, 3.8) is 0 Å². The highest BCUT2D eigenvalue weighted by Crippen LogP contribution is 2.33. The van der Waals surface area contributed by atoms with Crippen molar-refractivity contribution < 1.29 is 19.1 Å². The van der Waals surface area contributed by atoms with Gasteiger partial charge in [-0.05, 0) is 73.4 Å². The monoisotopic (exact) mass is 520 g/mol. The van der Waals surface area contributed by atoms with E-state index in [1.54, 1.807) is 12.0 Å². The summed E-state index contributed by atoms with van der Waals surface area (Å²) in [5, 5.41) is 6.09. The van der Waals surface area contributed by atoms with Gasteiger partial charge >= 0.3 is 6.03 Å². The molecule has 2 aliphatic heterocycles. The van der Waals surface area contributed by atoms with Crippen LogP contribution in [0.4, 0.5) is 16.2 Å². The van der Waals surface area contributed by atoms with Crippen LogP contribution >= 0.6 is 0 Å². The molecule has 0 bridgehead atoms. The summed E-state index contributed by atoms with van der Waals surface area (Å²) in [6, 6.07) is 12.6. The van der Waals surface area contributed by atoms with Gasteiger partial charge in [-0.3, -0.25) is 9.59 Å². The van der Waals surface area contributed by atoms with Crippen molar-refractivity contribution >= 4 is 29.2 Å². The van der Waals surface area contributed by atoms with Gasteiger partial charge in [0.15, 0.2) is 0 Å². The number of nitrogens with one attached hydrogen (secondary N) is 2. The molecule has 0 radical (unpaired) electrons. The van der Waals surface area contributed by atoms with Crippen molar-refractivity contribution in [3.8, 4) is 5.75 Å². The highest BCUT2D eigenvalue weighted by Gasteiger charge is 2.38. The van der Waals surface area contributed by atoms with E-state index in [-0.39, 0.29) is 29.2 Å². The molecule has 8 nitrogen and oxygen atoms in total. The fourth-order valence-corrected chi connectivity index (χ4v) is 5.40. The van der Waals surface area contributed by atoms with Gasteiger partial charge in [-0.2, -0.15) is 0 Å². The van der Waals surface area contributed by atoms with Crippen LogP contribution in [0.1, 0.15) is 57.6 Å². The Bertz CT molecular complexity index is 1160. The predicted octanol–water partition coefficient (Wildman–Crippen LogP) is 5.17. The number of anilines is 2. The van der Waals surface area contributed by atoms with Gasteiger partial charge < -0.3 is 25.2 Å². The molecule has 0 aliphatic carbocycles. The van der Waals surface area contributed by atoms with Gasteiger partial charge in [0.25, 0.3) is 0 Å². The molecule has 0 aromatic heterocycles. The zero-order valence-corrected chi connectivity index (χ0v) is 23.2. The summed E-state index contributed by atoms with van der Waals surface area (Å²) in [4.78, 5) is 43.2. The third-order valence-corrected chi connectivity index (χ3v) is 7.65. The maximum Gasteiger partial charge on any atom is 0.322 e.